The molecule has 0 fully saturated rings. The van der Waals surface area contributed by atoms with E-state index in [2.05, 4.69) is 9.88 Å². The fourth-order valence-corrected chi connectivity index (χ4v) is 3.10. The quantitative estimate of drug-likeness (QED) is 0.638. The maximum atomic E-state index is 13.9. The maximum absolute atomic E-state index is 13.9. The predicted octanol–water partition coefficient (Wildman–Crippen LogP) is 4.12. The predicted molar refractivity (Wildman–Crippen MR) is 108 cm³/mol. The van der Waals surface area contributed by atoms with Crippen molar-refractivity contribution in [3.05, 3.63) is 88.8 Å². The van der Waals surface area contributed by atoms with Crippen LogP contribution in [0.25, 0.3) is 11.8 Å². The number of nitrogens with zero attached hydrogens (tertiary/aromatic N) is 1. The summed E-state index contributed by atoms with van der Waals surface area (Å²) < 4.78 is 29.5. The third-order valence-electron chi connectivity index (χ3n) is 4.48. The topological polar surface area (TPSA) is 77.1 Å². The molecule has 0 bridgehead atoms. The number of hydrogen-bond donors (Lipinski definition) is 2. The smallest absolute Gasteiger partial charge is 0.251 e. The lowest BCUT2D eigenvalue weighted by Crippen LogP contribution is -2.16. The highest BCUT2D eigenvalue weighted by Gasteiger charge is 2.15. The molecule has 3 rings (SSSR count). The molecule has 0 atom stereocenters. The van der Waals surface area contributed by atoms with E-state index >= 15 is 0 Å². The van der Waals surface area contributed by atoms with Crippen molar-refractivity contribution in [3.8, 4) is 5.69 Å². The molecule has 3 N–H and O–H groups in total. The summed E-state index contributed by atoms with van der Waals surface area (Å²) >= 11 is 0. The Morgan fingerprint density at radius 2 is 1.72 bits per heavy atom. The van der Waals surface area contributed by atoms with Gasteiger partial charge in [0, 0.05) is 29.2 Å². The van der Waals surface area contributed by atoms with Crippen LogP contribution in [0, 0.1) is 25.5 Å². The first-order chi connectivity index (χ1) is 13.8. The summed E-state index contributed by atoms with van der Waals surface area (Å²) in [5.74, 6) is -3.77. The summed E-state index contributed by atoms with van der Waals surface area (Å²) in [5.41, 5.74) is 7.96. The Balaban J connectivity index is 1.82. The molecule has 0 spiro atoms. The first kappa shape index (κ1) is 20.0. The van der Waals surface area contributed by atoms with Crippen LogP contribution in [0.5, 0.6) is 0 Å². The molecule has 0 unspecified atom stereocenters. The van der Waals surface area contributed by atoms with Crippen LogP contribution in [0.2, 0.25) is 0 Å². The molecule has 0 aliphatic carbocycles. The number of rotatable bonds is 5. The monoisotopic (exact) mass is 395 g/mol. The van der Waals surface area contributed by atoms with Gasteiger partial charge in [-0.1, -0.05) is 18.2 Å². The zero-order valence-electron chi connectivity index (χ0n) is 15.9. The van der Waals surface area contributed by atoms with Crippen LogP contribution >= 0.6 is 0 Å². The van der Waals surface area contributed by atoms with Crippen LogP contribution in [0.1, 0.15) is 27.3 Å². The summed E-state index contributed by atoms with van der Waals surface area (Å²) in [6.45, 7) is 3.88. The van der Waals surface area contributed by atoms with E-state index in [-0.39, 0.29) is 5.69 Å². The number of primary amides is 1. The molecule has 0 aliphatic heterocycles. The van der Waals surface area contributed by atoms with Crippen molar-refractivity contribution < 1.29 is 18.4 Å². The lowest BCUT2D eigenvalue weighted by atomic mass is 10.1. The highest BCUT2D eigenvalue weighted by atomic mass is 19.1. The van der Waals surface area contributed by atoms with Crippen molar-refractivity contribution in [1.82, 2.24) is 4.57 Å². The minimum Gasteiger partial charge on any atom is -0.366 e. The van der Waals surface area contributed by atoms with E-state index in [1.54, 1.807) is 6.08 Å². The maximum Gasteiger partial charge on any atom is 0.251 e. The zero-order chi connectivity index (χ0) is 21.1. The number of hydrogen-bond acceptors (Lipinski definition) is 2. The summed E-state index contributed by atoms with van der Waals surface area (Å²) in [6, 6.07) is 13.1. The highest BCUT2D eigenvalue weighted by molar-refractivity contribution is 6.03. The van der Waals surface area contributed by atoms with Crippen molar-refractivity contribution in [2.24, 2.45) is 5.73 Å². The number of anilines is 1. The Hall–Kier alpha value is -3.74. The first-order valence-corrected chi connectivity index (χ1v) is 8.80. The van der Waals surface area contributed by atoms with E-state index in [1.165, 1.54) is 6.08 Å². The second-order valence-corrected chi connectivity index (χ2v) is 6.50. The molecule has 3 aromatic rings. The van der Waals surface area contributed by atoms with Gasteiger partial charge in [-0.25, -0.2) is 8.78 Å². The first-order valence-electron chi connectivity index (χ1n) is 8.80. The molecule has 1 aromatic heterocycles. The fraction of sp³-hybridized carbons (Fsp3) is 0.0909. The number of nitrogens with two attached hydrogens (primary N) is 1. The van der Waals surface area contributed by atoms with Gasteiger partial charge in [0.2, 0.25) is 5.91 Å². The van der Waals surface area contributed by atoms with Gasteiger partial charge in [-0.3, -0.25) is 9.59 Å². The number of halogens is 2. The van der Waals surface area contributed by atoms with Crippen LogP contribution < -0.4 is 11.1 Å². The number of para-hydroxylation sites is 1. The second kappa shape index (κ2) is 8.10. The Bertz CT molecular complexity index is 1120. The third-order valence-corrected chi connectivity index (χ3v) is 4.48. The van der Waals surface area contributed by atoms with Gasteiger partial charge in [0.1, 0.15) is 11.6 Å². The molecule has 7 heteroatoms. The molecule has 1 heterocycles. The van der Waals surface area contributed by atoms with E-state index in [0.717, 1.165) is 28.7 Å². The molecule has 5 nitrogen and oxygen atoms in total. The third kappa shape index (κ3) is 4.24. The van der Waals surface area contributed by atoms with Gasteiger partial charge < -0.3 is 15.6 Å². The van der Waals surface area contributed by atoms with Crippen LogP contribution in [0.15, 0.2) is 54.6 Å². The molecule has 0 saturated carbocycles. The molecule has 0 radical (unpaired) electrons. The van der Waals surface area contributed by atoms with Gasteiger partial charge in [-0.2, -0.15) is 0 Å². The van der Waals surface area contributed by atoms with Crippen molar-refractivity contribution in [1.29, 1.82) is 0 Å². The molecule has 2 amide bonds. The van der Waals surface area contributed by atoms with Crippen molar-refractivity contribution in [3.63, 3.8) is 0 Å². The molecule has 29 heavy (non-hydrogen) atoms. The van der Waals surface area contributed by atoms with Crippen LogP contribution in [-0.4, -0.2) is 16.4 Å². The lowest BCUT2D eigenvalue weighted by molar-refractivity contribution is -0.111. The van der Waals surface area contributed by atoms with E-state index in [4.69, 9.17) is 5.73 Å². The molecular formula is C22H19F2N3O2. The summed E-state index contributed by atoms with van der Waals surface area (Å²) in [6.07, 6.45) is 2.84. The number of benzene rings is 2. The number of carbonyl (C=O) groups excluding carboxylic acids is 2. The zero-order valence-corrected chi connectivity index (χ0v) is 15.9. The molecule has 148 valence electrons. The van der Waals surface area contributed by atoms with Gasteiger partial charge >= 0.3 is 0 Å². The lowest BCUT2D eigenvalue weighted by Gasteiger charge is -2.09. The largest absolute Gasteiger partial charge is 0.366 e. The molecule has 0 aliphatic rings. The van der Waals surface area contributed by atoms with Crippen molar-refractivity contribution in [2.45, 2.75) is 13.8 Å². The second-order valence-electron chi connectivity index (χ2n) is 6.50. The Morgan fingerprint density at radius 3 is 2.38 bits per heavy atom. The van der Waals surface area contributed by atoms with Gasteiger partial charge in [0.05, 0.1) is 11.3 Å². The number of aryl methyl sites for hydroxylation is 1. The molecule has 0 saturated heterocycles. The summed E-state index contributed by atoms with van der Waals surface area (Å²) in [5, 5.41) is 2.29. The van der Waals surface area contributed by atoms with Crippen LogP contribution in [0.4, 0.5) is 14.5 Å². The van der Waals surface area contributed by atoms with Crippen molar-refractivity contribution in [2.75, 3.05) is 5.32 Å². The normalized spacial score (nSPS) is 11.0. The van der Waals surface area contributed by atoms with Crippen LogP contribution in [0.3, 0.4) is 0 Å². The number of carbonyl (C=O) groups is 2. The summed E-state index contributed by atoms with van der Waals surface area (Å²) in [7, 11) is 0. The minimum atomic E-state index is -1.09. The highest BCUT2D eigenvalue weighted by Crippen LogP contribution is 2.22. The average Bonchev–Trinajstić information content (AvgIpc) is 2.96. The van der Waals surface area contributed by atoms with Crippen LogP contribution in [-0.2, 0) is 4.79 Å². The van der Waals surface area contributed by atoms with E-state index in [0.29, 0.717) is 6.07 Å². The van der Waals surface area contributed by atoms with Gasteiger partial charge in [-0.15, -0.1) is 0 Å². The van der Waals surface area contributed by atoms with Gasteiger partial charge in [-0.05, 0) is 49.8 Å². The fourth-order valence-electron chi connectivity index (χ4n) is 3.10. The van der Waals surface area contributed by atoms with E-state index < -0.39 is 29.0 Å². The molecule has 2 aromatic carbocycles. The van der Waals surface area contributed by atoms with E-state index in [1.807, 2.05) is 50.2 Å². The SMILES string of the molecule is Cc1cc(/C=C/C(=O)Nc2cc(C(N)=O)c(F)cc2F)c(C)n1-c1ccccc1. The Labute approximate surface area is 166 Å². The number of nitrogens with one attached hydrogen (secondary N) is 1. The summed E-state index contributed by atoms with van der Waals surface area (Å²) in [4.78, 5) is 23.4. The van der Waals surface area contributed by atoms with Crippen molar-refractivity contribution >= 4 is 23.6 Å². The number of aromatic nitrogens is 1. The number of amides is 2. The minimum absolute atomic E-state index is 0.329. The van der Waals surface area contributed by atoms with Gasteiger partial charge in [0.15, 0.2) is 0 Å². The average molecular weight is 395 g/mol. The Morgan fingerprint density at radius 1 is 1.03 bits per heavy atom. The van der Waals surface area contributed by atoms with E-state index in [9.17, 15) is 18.4 Å². The Kier molecular flexibility index (Phi) is 5.59. The molecular weight excluding hydrogens is 376 g/mol. The standard InChI is InChI=1S/C22H19F2N3O2/c1-13-10-15(14(2)27(13)16-6-4-3-5-7-16)8-9-21(28)26-20-11-17(22(25)29)18(23)12-19(20)24/h3-12H,1-2H3,(H2,25,29)(H,26,28)/b9-8+. The van der Waals surface area contributed by atoms with Gasteiger partial charge in [0.25, 0.3) is 5.91 Å².